The largest absolute Gasteiger partial charge is 0.496 e. The molecule has 0 saturated heterocycles. The van der Waals surface area contributed by atoms with Gasteiger partial charge in [0.25, 0.3) is 0 Å². The van der Waals surface area contributed by atoms with Gasteiger partial charge in [-0.1, -0.05) is 0 Å². The van der Waals surface area contributed by atoms with Crippen molar-refractivity contribution in [3.63, 3.8) is 0 Å². The van der Waals surface area contributed by atoms with Gasteiger partial charge in [0.15, 0.2) is 0 Å². The smallest absolute Gasteiger partial charge is 0.139 e. The quantitative estimate of drug-likeness (QED) is 0.835. The van der Waals surface area contributed by atoms with E-state index in [9.17, 15) is 4.39 Å². The number of aryl methyl sites for hydroxylation is 1. The van der Waals surface area contributed by atoms with Crippen molar-refractivity contribution in [3.05, 3.63) is 35.4 Å². The van der Waals surface area contributed by atoms with Crippen molar-refractivity contribution >= 4 is 11.4 Å². The van der Waals surface area contributed by atoms with Gasteiger partial charge >= 0.3 is 0 Å². The highest BCUT2D eigenvalue weighted by atomic mass is 19.1. The summed E-state index contributed by atoms with van der Waals surface area (Å²) < 4.78 is 18.4. The third-order valence-corrected chi connectivity index (χ3v) is 2.70. The topological polar surface area (TPSA) is 47.6 Å². The highest BCUT2D eigenvalue weighted by molar-refractivity contribution is 6.03. The van der Waals surface area contributed by atoms with E-state index >= 15 is 0 Å². The van der Waals surface area contributed by atoms with Gasteiger partial charge < -0.3 is 10.5 Å². The molecule has 4 heteroatoms. The highest BCUT2D eigenvalue weighted by Gasteiger charge is 2.07. The Morgan fingerprint density at radius 1 is 1.50 bits per heavy atom. The Bertz CT molecular complexity index is 479. The van der Waals surface area contributed by atoms with E-state index in [0.29, 0.717) is 11.4 Å². The maximum Gasteiger partial charge on any atom is 0.139 e. The number of hydrogen-bond acceptors (Lipinski definition) is 3. The van der Waals surface area contributed by atoms with E-state index in [1.165, 1.54) is 6.92 Å². The van der Waals surface area contributed by atoms with Crippen LogP contribution in [0.2, 0.25) is 0 Å². The molecule has 18 heavy (non-hydrogen) atoms. The van der Waals surface area contributed by atoms with Gasteiger partial charge in [-0.2, -0.15) is 0 Å². The van der Waals surface area contributed by atoms with Crippen LogP contribution in [0.5, 0.6) is 5.75 Å². The molecule has 1 rings (SSSR count). The molecule has 1 unspecified atom stereocenters. The number of rotatable bonds is 4. The summed E-state index contributed by atoms with van der Waals surface area (Å²) in [5.74, 6) is 0.801. The van der Waals surface area contributed by atoms with Crippen molar-refractivity contribution in [1.82, 2.24) is 0 Å². The summed E-state index contributed by atoms with van der Waals surface area (Å²) in [6, 6.07) is 5.59. The zero-order valence-corrected chi connectivity index (χ0v) is 11.2. The van der Waals surface area contributed by atoms with Crippen molar-refractivity contribution in [2.75, 3.05) is 14.2 Å². The molecule has 98 valence electrons. The summed E-state index contributed by atoms with van der Waals surface area (Å²) >= 11 is 0. The Morgan fingerprint density at radius 2 is 2.17 bits per heavy atom. The molecule has 0 spiro atoms. The van der Waals surface area contributed by atoms with Crippen LogP contribution in [0, 0.1) is 6.92 Å². The zero-order chi connectivity index (χ0) is 13.7. The third kappa shape index (κ3) is 3.32. The van der Waals surface area contributed by atoms with E-state index in [2.05, 4.69) is 4.99 Å². The predicted octanol–water partition coefficient (Wildman–Crippen LogP) is 2.73. The lowest BCUT2D eigenvalue weighted by atomic mass is 10.1. The van der Waals surface area contributed by atoms with E-state index < -0.39 is 6.17 Å². The molecule has 0 fully saturated rings. The van der Waals surface area contributed by atoms with Crippen LogP contribution in [-0.2, 0) is 0 Å². The maximum atomic E-state index is 13.2. The first-order chi connectivity index (χ1) is 8.49. The summed E-state index contributed by atoms with van der Waals surface area (Å²) in [5.41, 5.74) is 8.58. The van der Waals surface area contributed by atoms with Crippen LogP contribution in [-0.4, -0.2) is 26.0 Å². The summed E-state index contributed by atoms with van der Waals surface area (Å²) in [6.45, 7) is 3.37. The second-order valence-corrected chi connectivity index (χ2v) is 4.05. The number of aliphatic imine (C=N–C) groups is 1. The van der Waals surface area contributed by atoms with E-state index in [0.717, 1.165) is 16.9 Å². The van der Waals surface area contributed by atoms with E-state index in [4.69, 9.17) is 10.5 Å². The second kappa shape index (κ2) is 6.19. The average molecular weight is 250 g/mol. The molecule has 2 N–H and O–H groups in total. The van der Waals surface area contributed by atoms with Crippen LogP contribution in [0.25, 0.3) is 5.70 Å². The molecule has 1 aromatic rings. The molecular weight excluding hydrogens is 231 g/mol. The van der Waals surface area contributed by atoms with Gasteiger partial charge in [0.05, 0.1) is 12.8 Å². The average Bonchev–Trinajstić information content (AvgIpc) is 2.35. The minimum Gasteiger partial charge on any atom is -0.496 e. The Labute approximate surface area is 107 Å². The van der Waals surface area contributed by atoms with Crippen LogP contribution in [0.15, 0.2) is 29.3 Å². The first-order valence-corrected chi connectivity index (χ1v) is 5.72. The molecule has 0 amide bonds. The predicted molar refractivity (Wildman–Crippen MR) is 73.8 cm³/mol. The lowest BCUT2D eigenvalue weighted by molar-refractivity contribution is 0.411. The van der Waals surface area contributed by atoms with Crippen molar-refractivity contribution in [2.24, 2.45) is 10.7 Å². The van der Waals surface area contributed by atoms with Crippen LogP contribution in [0.3, 0.4) is 0 Å². The molecule has 0 aromatic heterocycles. The molecule has 3 nitrogen and oxygen atoms in total. The molecule has 0 bridgehead atoms. The molecule has 1 atom stereocenters. The molecule has 0 aliphatic carbocycles. The number of halogens is 1. The van der Waals surface area contributed by atoms with Crippen LogP contribution in [0.1, 0.15) is 18.1 Å². The lowest BCUT2D eigenvalue weighted by Crippen LogP contribution is -2.11. The first kappa shape index (κ1) is 14.2. The number of benzene rings is 1. The summed E-state index contributed by atoms with van der Waals surface area (Å²) in [6.07, 6.45) is 0.430. The van der Waals surface area contributed by atoms with Crippen molar-refractivity contribution in [2.45, 2.75) is 20.0 Å². The van der Waals surface area contributed by atoms with Gasteiger partial charge in [0.1, 0.15) is 11.9 Å². The standard InChI is InChI=1S/C14H19FN2O/c1-9-7-11(5-6-14(9)18-4)12(16)8-13(17-3)10(2)15/h5-8,10H,16H2,1-4H3. The van der Waals surface area contributed by atoms with E-state index in [-0.39, 0.29) is 0 Å². The fourth-order valence-corrected chi connectivity index (χ4v) is 1.66. The minimum absolute atomic E-state index is 0.334. The number of methoxy groups -OCH3 is 1. The Balaban J connectivity index is 3.07. The van der Waals surface area contributed by atoms with E-state index in [1.54, 1.807) is 20.2 Å². The van der Waals surface area contributed by atoms with E-state index in [1.807, 2.05) is 25.1 Å². The number of alkyl halides is 1. The molecule has 1 aromatic carbocycles. The number of hydrogen-bond donors (Lipinski definition) is 1. The van der Waals surface area contributed by atoms with Crippen LogP contribution < -0.4 is 10.5 Å². The van der Waals surface area contributed by atoms with Crippen LogP contribution >= 0.6 is 0 Å². The number of nitrogens with zero attached hydrogens (tertiary/aromatic N) is 1. The molecule has 0 aliphatic heterocycles. The third-order valence-electron chi connectivity index (χ3n) is 2.70. The molecular formula is C14H19FN2O. The minimum atomic E-state index is -1.13. The van der Waals surface area contributed by atoms with Gasteiger partial charge in [-0.05, 0) is 49.2 Å². The summed E-state index contributed by atoms with van der Waals surface area (Å²) in [7, 11) is 3.17. The second-order valence-electron chi connectivity index (χ2n) is 4.05. The lowest BCUT2D eigenvalue weighted by Gasteiger charge is -2.09. The molecule has 0 heterocycles. The highest BCUT2D eigenvalue weighted by Crippen LogP contribution is 2.21. The van der Waals surface area contributed by atoms with Gasteiger partial charge in [-0.3, -0.25) is 4.99 Å². The molecule has 0 radical (unpaired) electrons. The first-order valence-electron chi connectivity index (χ1n) is 5.72. The zero-order valence-electron chi connectivity index (χ0n) is 11.2. The maximum absolute atomic E-state index is 13.2. The fraction of sp³-hybridized carbons (Fsp3) is 0.357. The normalized spacial score (nSPS) is 14.5. The van der Waals surface area contributed by atoms with Gasteiger partial charge in [0.2, 0.25) is 0 Å². The molecule has 0 saturated carbocycles. The SMILES string of the molecule is CN=C(C=C(N)c1ccc(OC)c(C)c1)C(C)F. The van der Waals surface area contributed by atoms with Crippen LogP contribution in [0.4, 0.5) is 4.39 Å². The van der Waals surface area contributed by atoms with Gasteiger partial charge in [-0.15, -0.1) is 0 Å². The number of allylic oxidation sites excluding steroid dienone is 1. The van der Waals surface area contributed by atoms with Crippen molar-refractivity contribution in [1.29, 1.82) is 0 Å². The Kier molecular flexibility index (Phi) is 4.89. The van der Waals surface area contributed by atoms with Crippen molar-refractivity contribution in [3.8, 4) is 5.75 Å². The monoisotopic (exact) mass is 250 g/mol. The molecule has 0 aliphatic rings. The Morgan fingerprint density at radius 3 is 2.61 bits per heavy atom. The number of ether oxygens (including phenoxy) is 1. The Hall–Kier alpha value is -1.84. The summed E-state index contributed by atoms with van der Waals surface area (Å²) in [4.78, 5) is 3.87. The number of nitrogens with two attached hydrogens (primary N) is 1. The fourth-order valence-electron chi connectivity index (χ4n) is 1.66. The van der Waals surface area contributed by atoms with Gasteiger partial charge in [-0.25, -0.2) is 4.39 Å². The van der Waals surface area contributed by atoms with Gasteiger partial charge in [0, 0.05) is 12.7 Å². The summed E-state index contributed by atoms with van der Waals surface area (Å²) in [5, 5.41) is 0. The van der Waals surface area contributed by atoms with Crippen molar-refractivity contribution < 1.29 is 9.13 Å².